The number of aliphatic hydroxyl groups is 1. The van der Waals surface area contributed by atoms with Gasteiger partial charge in [0.05, 0.1) is 11.5 Å². The molecule has 0 aliphatic heterocycles. The minimum absolute atomic E-state index is 0.108. The minimum Gasteiger partial charge on any atom is -0.393 e. The van der Waals surface area contributed by atoms with Gasteiger partial charge in [0.1, 0.15) is 5.82 Å². The SMILES string of the molecule is CN(CC1CCCCC1O)C(=O)C1(c2ccc(F)cc2)CC1. The van der Waals surface area contributed by atoms with Crippen LogP contribution in [0.4, 0.5) is 4.39 Å². The summed E-state index contributed by atoms with van der Waals surface area (Å²) in [5.74, 6) is 0.0225. The van der Waals surface area contributed by atoms with E-state index >= 15 is 0 Å². The zero-order chi connectivity index (χ0) is 15.7. The number of halogens is 1. The molecule has 2 saturated carbocycles. The Labute approximate surface area is 131 Å². The lowest BCUT2D eigenvalue weighted by atomic mass is 9.85. The molecule has 3 nitrogen and oxygen atoms in total. The van der Waals surface area contributed by atoms with Crippen molar-refractivity contribution in [3.63, 3.8) is 0 Å². The van der Waals surface area contributed by atoms with E-state index in [1.54, 1.807) is 17.0 Å². The number of nitrogens with zero attached hydrogens (tertiary/aromatic N) is 1. The van der Waals surface area contributed by atoms with Gasteiger partial charge in [-0.3, -0.25) is 4.79 Å². The smallest absolute Gasteiger partial charge is 0.232 e. The number of rotatable bonds is 4. The van der Waals surface area contributed by atoms with Crippen LogP contribution in [0.3, 0.4) is 0 Å². The molecule has 1 amide bonds. The Hall–Kier alpha value is -1.42. The maximum absolute atomic E-state index is 13.1. The zero-order valence-electron chi connectivity index (χ0n) is 13.1. The highest BCUT2D eigenvalue weighted by Crippen LogP contribution is 2.49. The van der Waals surface area contributed by atoms with Gasteiger partial charge in [-0.2, -0.15) is 0 Å². The lowest BCUT2D eigenvalue weighted by Gasteiger charge is -2.33. The highest BCUT2D eigenvalue weighted by molar-refractivity contribution is 5.91. The molecule has 0 bridgehead atoms. The van der Waals surface area contributed by atoms with Gasteiger partial charge < -0.3 is 10.0 Å². The molecule has 2 aliphatic carbocycles. The summed E-state index contributed by atoms with van der Waals surface area (Å²) in [5.41, 5.74) is 0.456. The Morgan fingerprint density at radius 2 is 1.91 bits per heavy atom. The van der Waals surface area contributed by atoms with Crippen LogP contribution in [0.1, 0.15) is 44.1 Å². The van der Waals surface area contributed by atoms with Crippen LogP contribution >= 0.6 is 0 Å². The second-order valence-electron chi connectivity index (χ2n) is 6.89. The predicted molar refractivity (Wildman–Crippen MR) is 82.9 cm³/mol. The van der Waals surface area contributed by atoms with Gasteiger partial charge in [0, 0.05) is 19.5 Å². The normalized spacial score (nSPS) is 26.5. The van der Waals surface area contributed by atoms with Crippen molar-refractivity contribution >= 4 is 5.91 Å². The summed E-state index contributed by atoms with van der Waals surface area (Å²) in [6.45, 7) is 0.614. The van der Waals surface area contributed by atoms with Crippen molar-refractivity contribution in [3.05, 3.63) is 35.6 Å². The summed E-state index contributed by atoms with van der Waals surface area (Å²) in [6.07, 6.45) is 5.41. The number of hydrogen-bond acceptors (Lipinski definition) is 2. The third kappa shape index (κ3) is 2.89. The number of aliphatic hydroxyl groups excluding tert-OH is 1. The molecule has 120 valence electrons. The van der Waals surface area contributed by atoms with Crippen molar-refractivity contribution in [2.24, 2.45) is 5.92 Å². The first-order chi connectivity index (χ1) is 10.5. The van der Waals surface area contributed by atoms with Gasteiger partial charge in [-0.05, 0) is 43.4 Å². The van der Waals surface area contributed by atoms with E-state index in [1.165, 1.54) is 12.1 Å². The van der Waals surface area contributed by atoms with Crippen molar-refractivity contribution in [2.75, 3.05) is 13.6 Å². The molecule has 4 heteroatoms. The maximum Gasteiger partial charge on any atom is 0.232 e. The van der Waals surface area contributed by atoms with Crippen molar-refractivity contribution < 1.29 is 14.3 Å². The van der Waals surface area contributed by atoms with Crippen LogP contribution in [0.25, 0.3) is 0 Å². The molecule has 1 aromatic rings. The molecule has 1 N–H and O–H groups in total. The summed E-state index contributed by atoms with van der Waals surface area (Å²) >= 11 is 0. The molecule has 0 spiro atoms. The van der Waals surface area contributed by atoms with Gasteiger partial charge >= 0.3 is 0 Å². The first-order valence-corrected chi connectivity index (χ1v) is 8.22. The number of carbonyl (C=O) groups is 1. The van der Waals surface area contributed by atoms with Gasteiger partial charge in [-0.25, -0.2) is 4.39 Å². The molecular weight excluding hydrogens is 281 g/mol. The third-order valence-corrected chi connectivity index (χ3v) is 5.28. The molecule has 2 atom stereocenters. The van der Waals surface area contributed by atoms with E-state index in [1.807, 2.05) is 7.05 Å². The molecule has 0 radical (unpaired) electrons. The van der Waals surface area contributed by atoms with E-state index in [9.17, 15) is 14.3 Å². The molecule has 2 aliphatic rings. The summed E-state index contributed by atoms with van der Waals surface area (Å²) in [4.78, 5) is 14.6. The highest BCUT2D eigenvalue weighted by atomic mass is 19.1. The molecule has 22 heavy (non-hydrogen) atoms. The quantitative estimate of drug-likeness (QED) is 0.929. The molecular formula is C18H24FNO2. The maximum atomic E-state index is 13.1. The average Bonchev–Trinajstić information content (AvgIpc) is 3.31. The first-order valence-electron chi connectivity index (χ1n) is 8.22. The fourth-order valence-electron chi connectivity index (χ4n) is 3.72. The number of hydrogen-bond donors (Lipinski definition) is 1. The van der Waals surface area contributed by atoms with Gasteiger partial charge in [0.15, 0.2) is 0 Å². The molecule has 0 aromatic heterocycles. The van der Waals surface area contributed by atoms with E-state index in [0.717, 1.165) is 44.1 Å². The summed E-state index contributed by atoms with van der Waals surface area (Å²) in [5, 5.41) is 10.1. The summed E-state index contributed by atoms with van der Waals surface area (Å²) in [7, 11) is 1.83. The minimum atomic E-state index is -0.456. The van der Waals surface area contributed by atoms with Gasteiger partial charge in [-0.15, -0.1) is 0 Å². The average molecular weight is 305 g/mol. The van der Waals surface area contributed by atoms with Crippen LogP contribution in [0.5, 0.6) is 0 Å². The van der Waals surface area contributed by atoms with E-state index in [0.29, 0.717) is 6.54 Å². The van der Waals surface area contributed by atoms with Crippen molar-refractivity contribution in [3.8, 4) is 0 Å². The van der Waals surface area contributed by atoms with Crippen molar-refractivity contribution in [2.45, 2.75) is 50.0 Å². The fourth-order valence-corrected chi connectivity index (χ4v) is 3.72. The van der Waals surface area contributed by atoms with Crippen LogP contribution in [-0.4, -0.2) is 35.6 Å². The second-order valence-corrected chi connectivity index (χ2v) is 6.89. The Morgan fingerprint density at radius 1 is 1.27 bits per heavy atom. The van der Waals surface area contributed by atoms with Crippen LogP contribution in [0.2, 0.25) is 0 Å². The summed E-state index contributed by atoms with van der Waals surface area (Å²) < 4.78 is 13.1. The summed E-state index contributed by atoms with van der Waals surface area (Å²) in [6, 6.07) is 6.30. The highest BCUT2D eigenvalue weighted by Gasteiger charge is 2.52. The molecule has 0 saturated heterocycles. The van der Waals surface area contributed by atoms with Crippen LogP contribution in [-0.2, 0) is 10.2 Å². The molecule has 1 aromatic carbocycles. The predicted octanol–water partition coefficient (Wildman–Crippen LogP) is 2.87. The largest absolute Gasteiger partial charge is 0.393 e. The van der Waals surface area contributed by atoms with Gasteiger partial charge in [-0.1, -0.05) is 25.0 Å². The topological polar surface area (TPSA) is 40.5 Å². The van der Waals surface area contributed by atoms with Crippen LogP contribution in [0.15, 0.2) is 24.3 Å². The zero-order valence-corrected chi connectivity index (χ0v) is 13.1. The second kappa shape index (κ2) is 5.99. The van der Waals surface area contributed by atoms with Crippen molar-refractivity contribution in [1.29, 1.82) is 0 Å². The van der Waals surface area contributed by atoms with Gasteiger partial charge in [0.2, 0.25) is 5.91 Å². The Kier molecular flexibility index (Phi) is 4.22. The molecule has 2 unspecified atom stereocenters. The van der Waals surface area contributed by atoms with E-state index < -0.39 is 5.41 Å². The monoisotopic (exact) mass is 305 g/mol. The van der Waals surface area contributed by atoms with E-state index in [2.05, 4.69) is 0 Å². The Balaban J connectivity index is 1.68. The van der Waals surface area contributed by atoms with Gasteiger partial charge in [0.25, 0.3) is 0 Å². The number of amides is 1. The number of benzene rings is 1. The first kappa shape index (κ1) is 15.5. The van der Waals surface area contributed by atoms with E-state index in [-0.39, 0.29) is 23.7 Å². The standard InChI is InChI=1S/C18H24FNO2/c1-20(12-13-4-2-3-5-16(13)21)17(22)18(10-11-18)14-6-8-15(19)9-7-14/h6-9,13,16,21H,2-5,10-12H2,1H3. The lowest BCUT2D eigenvalue weighted by Crippen LogP contribution is -2.42. The fraction of sp³-hybridized carbons (Fsp3) is 0.611. The molecule has 0 heterocycles. The Bertz CT molecular complexity index is 539. The Morgan fingerprint density at radius 3 is 2.50 bits per heavy atom. The van der Waals surface area contributed by atoms with E-state index in [4.69, 9.17) is 0 Å². The number of likely N-dealkylation sites (N-methyl/N-ethyl adjacent to an activating group) is 1. The van der Waals surface area contributed by atoms with Crippen molar-refractivity contribution in [1.82, 2.24) is 4.90 Å². The van der Waals surface area contributed by atoms with Crippen LogP contribution in [0, 0.1) is 11.7 Å². The van der Waals surface area contributed by atoms with Crippen LogP contribution < -0.4 is 0 Å². The number of carbonyl (C=O) groups excluding carboxylic acids is 1. The molecule has 2 fully saturated rings. The lowest BCUT2D eigenvalue weighted by molar-refractivity contribution is -0.134. The molecule has 3 rings (SSSR count). The third-order valence-electron chi connectivity index (χ3n) is 5.28.